The van der Waals surface area contributed by atoms with Crippen LogP contribution in [0.5, 0.6) is 23.0 Å². The normalized spacial score (nSPS) is 15.2. The molecule has 4 aromatic heterocycles. The zero-order chi connectivity index (χ0) is 37.7. The van der Waals surface area contributed by atoms with Gasteiger partial charge in [0.05, 0.1) is 29.5 Å². The summed E-state index contributed by atoms with van der Waals surface area (Å²) in [7, 11) is 0. The van der Waals surface area contributed by atoms with E-state index in [1.54, 1.807) is 0 Å². The highest BCUT2D eigenvalue weighted by atomic mass is 16.5. The minimum Gasteiger partial charge on any atom is -0.457 e. The zero-order valence-corrected chi connectivity index (χ0v) is 29.9. The van der Waals surface area contributed by atoms with Crippen LogP contribution in [0.1, 0.15) is 25.3 Å². The number of hydrogen-bond acceptors (Lipinski definition) is 10. The first-order valence-corrected chi connectivity index (χ1v) is 18.1. The number of para-hydroxylation sites is 2. The van der Waals surface area contributed by atoms with Crippen molar-refractivity contribution in [3.63, 3.8) is 0 Å². The number of nitrogens with zero attached hydrogens (tertiary/aromatic N) is 6. The van der Waals surface area contributed by atoms with Crippen molar-refractivity contribution < 1.29 is 19.7 Å². The average molecular weight is 733 g/mol. The number of aromatic nitrogens is 6. The van der Waals surface area contributed by atoms with E-state index in [1.165, 1.54) is 12.7 Å². The summed E-state index contributed by atoms with van der Waals surface area (Å²) in [5.41, 5.74) is 17.7. The Morgan fingerprint density at radius 2 is 1.09 bits per heavy atom. The molecule has 55 heavy (non-hydrogen) atoms. The molecule has 0 saturated heterocycles. The van der Waals surface area contributed by atoms with Crippen LogP contribution in [0.2, 0.25) is 0 Å². The van der Waals surface area contributed by atoms with Gasteiger partial charge in [0.15, 0.2) is 0 Å². The quantitative estimate of drug-likeness (QED) is 0.114. The van der Waals surface area contributed by atoms with Gasteiger partial charge in [-0.05, 0) is 78.9 Å². The van der Waals surface area contributed by atoms with Crippen molar-refractivity contribution in [3.05, 3.63) is 134 Å². The van der Waals surface area contributed by atoms with E-state index in [4.69, 9.17) is 20.9 Å². The Labute approximate surface area is 317 Å². The molecular formula is C43H40N8O4. The molecule has 1 aliphatic rings. The van der Waals surface area contributed by atoms with Crippen LogP contribution in [0.4, 0.5) is 11.6 Å². The molecule has 1 saturated carbocycles. The van der Waals surface area contributed by atoms with E-state index < -0.39 is 0 Å². The van der Waals surface area contributed by atoms with Crippen LogP contribution in [0, 0.1) is 0 Å². The van der Waals surface area contributed by atoms with Crippen molar-refractivity contribution in [3.8, 4) is 45.3 Å². The van der Waals surface area contributed by atoms with E-state index >= 15 is 0 Å². The van der Waals surface area contributed by atoms with Gasteiger partial charge in [-0.25, -0.2) is 19.9 Å². The number of anilines is 2. The van der Waals surface area contributed by atoms with Gasteiger partial charge in [0.2, 0.25) is 0 Å². The Kier molecular flexibility index (Phi) is 10.1. The zero-order valence-electron chi connectivity index (χ0n) is 29.9. The number of benzene rings is 4. The first kappa shape index (κ1) is 35.3. The predicted octanol–water partition coefficient (Wildman–Crippen LogP) is 8.02. The third kappa shape index (κ3) is 7.41. The lowest BCUT2D eigenvalue weighted by Gasteiger charge is -2.17. The Bertz CT molecular complexity index is 2520. The fourth-order valence-electron chi connectivity index (χ4n) is 7.12. The molecule has 4 heterocycles. The van der Waals surface area contributed by atoms with Gasteiger partial charge in [0.1, 0.15) is 58.6 Å². The Morgan fingerprint density at radius 1 is 0.600 bits per heavy atom. The molecule has 276 valence electrons. The fourth-order valence-corrected chi connectivity index (χ4v) is 7.12. The maximum absolute atomic E-state index is 10.4. The van der Waals surface area contributed by atoms with E-state index in [-0.39, 0.29) is 18.8 Å². The number of nitrogen functional groups attached to an aromatic ring is 2. The summed E-state index contributed by atoms with van der Waals surface area (Å²) in [4.78, 5) is 17.1. The summed E-state index contributed by atoms with van der Waals surface area (Å²) in [5.74, 6) is 3.97. The van der Waals surface area contributed by atoms with Crippen LogP contribution in [-0.4, -0.2) is 52.0 Å². The largest absolute Gasteiger partial charge is 0.457 e. The van der Waals surface area contributed by atoms with Gasteiger partial charge in [0.25, 0.3) is 0 Å². The monoisotopic (exact) mass is 732 g/mol. The van der Waals surface area contributed by atoms with Gasteiger partial charge in [-0.15, -0.1) is 0 Å². The molecule has 12 heteroatoms. The molecule has 2 atom stereocenters. The highest BCUT2D eigenvalue weighted by Crippen LogP contribution is 2.39. The highest BCUT2D eigenvalue weighted by Gasteiger charge is 2.29. The smallest absolute Gasteiger partial charge is 0.146 e. The summed E-state index contributed by atoms with van der Waals surface area (Å²) < 4.78 is 15.7. The summed E-state index contributed by atoms with van der Waals surface area (Å²) >= 11 is 0. The number of hydrogen-bond donors (Lipinski definition) is 4. The van der Waals surface area contributed by atoms with Crippen LogP contribution >= 0.6 is 0 Å². The van der Waals surface area contributed by atoms with Gasteiger partial charge in [-0.1, -0.05) is 60.7 Å². The van der Waals surface area contributed by atoms with E-state index in [9.17, 15) is 10.2 Å². The van der Waals surface area contributed by atoms with Crippen molar-refractivity contribution in [1.82, 2.24) is 29.1 Å². The first-order chi connectivity index (χ1) is 27.0. The topological polar surface area (TPSA) is 172 Å². The maximum Gasteiger partial charge on any atom is 0.146 e. The lowest BCUT2D eigenvalue weighted by molar-refractivity contribution is 0.138. The molecular weight excluding hydrogens is 693 g/mol. The Morgan fingerprint density at radius 3 is 1.60 bits per heavy atom. The molecule has 1 fully saturated rings. The number of fused-ring (bicyclic) bond motifs is 2. The summed E-state index contributed by atoms with van der Waals surface area (Å²) in [6.07, 6.45) is 9.29. The molecule has 2 unspecified atom stereocenters. The lowest BCUT2D eigenvalue weighted by atomic mass is 10.1. The molecule has 6 N–H and O–H groups in total. The molecule has 0 amide bonds. The van der Waals surface area contributed by atoms with E-state index in [2.05, 4.69) is 24.5 Å². The number of nitrogens with two attached hydrogens (primary N) is 2. The standard InChI is InChI=1S/C23H22N4O2.C20H18N4O2/c24-22-21-18(13-27(23(21)26-14-25-22)19-7-4-8-20(19)28)15-9-11-17(12-10-15)29-16-5-2-1-3-6-16;21-19-18-17(12-24(10-11-25)20(18)23-13-22-19)14-6-8-16(9-7-14)26-15-4-2-1-3-5-15/h1-3,5-6,9-14,19-20,28H,4,7-8H2,(H2,24,25,26);1-9,12-13,25H,10-11H2,(H2,21,22,23). The summed E-state index contributed by atoms with van der Waals surface area (Å²) in [6.45, 7) is 0.471. The van der Waals surface area contributed by atoms with Gasteiger partial charge in [0, 0.05) is 30.1 Å². The number of ether oxygens (including phenoxy) is 2. The Balaban J connectivity index is 0.000000156. The fraction of sp³-hybridized carbons (Fsp3) is 0.163. The molecule has 0 spiro atoms. The maximum atomic E-state index is 10.4. The van der Waals surface area contributed by atoms with Crippen LogP contribution in [0.25, 0.3) is 44.3 Å². The summed E-state index contributed by atoms with van der Waals surface area (Å²) in [5, 5.41) is 21.3. The first-order valence-electron chi connectivity index (χ1n) is 18.1. The second-order valence-corrected chi connectivity index (χ2v) is 13.3. The van der Waals surface area contributed by atoms with Crippen LogP contribution < -0.4 is 20.9 Å². The van der Waals surface area contributed by atoms with Crippen LogP contribution in [0.15, 0.2) is 134 Å². The van der Waals surface area contributed by atoms with Crippen molar-refractivity contribution in [2.24, 2.45) is 0 Å². The SMILES string of the molecule is Nc1ncnc2c1c(-c1ccc(Oc3ccccc3)cc1)cn2C1CCCC1O.Nc1ncnc2c1c(-c1ccc(Oc3ccccc3)cc1)cn2CCO. The predicted molar refractivity (Wildman–Crippen MR) is 214 cm³/mol. The minimum atomic E-state index is -0.365. The van der Waals surface area contributed by atoms with Gasteiger partial charge < -0.3 is 40.3 Å². The second-order valence-electron chi connectivity index (χ2n) is 13.3. The van der Waals surface area contributed by atoms with Crippen molar-refractivity contribution in [2.45, 2.75) is 38.0 Å². The third-order valence-corrected chi connectivity index (χ3v) is 9.75. The van der Waals surface area contributed by atoms with Crippen molar-refractivity contribution >= 4 is 33.7 Å². The number of aliphatic hydroxyl groups excluding tert-OH is 2. The molecule has 9 rings (SSSR count). The molecule has 12 nitrogen and oxygen atoms in total. The van der Waals surface area contributed by atoms with Gasteiger partial charge in [-0.2, -0.15) is 0 Å². The third-order valence-electron chi connectivity index (χ3n) is 9.75. The molecule has 4 aromatic carbocycles. The average Bonchev–Trinajstić information content (AvgIpc) is 3.93. The number of aliphatic hydroxyl groups is 2. The van der Waals surface area contributed by atoms with Crippen LogP contribution in [-0.2, 0) is 6.54 Å². The van der Waals surface area contributed by atoms with Crippen molar-refractivity contribution in [2.75, 3.05) is 18.1 Å². The summed E-state index contributed by atoms with van der Waals surface area (Å²) in [6, 6.07) is 35.0. The van der Waals surface area contributed by atoms with E-state index in [0.29, 0.717) is 23.8 Å². The van der Waals surface area contributed by atoms with E-state index in [0.717, 1.165) is 80.9 Å². The van der Waals surface area contributed by atoms with E-state index in [1.807, 2.05) is 126 Å². The molecule has 0 bridgehead atoms. The van der Waals surface area contributed by atoms with Crippen LogP contribution in [0.3, 0.4) is 0 Å². The lowest BCUT2D eigenvalue weighted by Crippen LogP contribution is -2.17. The minimum absolute atomic E-state index is 0.0150. The van der Waals surface area contributed by atoms with Gasteiger partial charge >= 0.3 is 0 Å². The second kappa shape index (κ2) is 15.7. The molecule has 8 aromatic rings. The van der Waals surface area contributed by atoms with Gasteiger partial charge in [-0.3, -0.25) is 0 Å². The number of rotatable bonds is 9. The van der Waals surface area contributed by atoms with Crippen molar-refractivity contribution in [1.29, 1.82) is 0 Å². The molecule has 0 aliphatic heterocycles. The molecule has 0 radical (unpaired) electrons. The highest BCUT2D eigenvalue weighted by molar-refractivity contribution is 6.01. The molecule has 1 aliphatic carbocycles. The Hall–Kier alpha value is -6.76.